The van der Waals surface area contributed by atoms with Crippen LogP contribution >= 0.6 is 34.9 Å². The topological polar surface area (TPSA) is 37.8 Å². The lowest BCUT2D eigenvalue weighted by atomic mass is 10.1. The smallest absolute Gasteiger partial charge is 0.263 e. The monoisotopic (exact) mass is 322 g/mol. The number of aryl methyl sites for hydroxylation is 2. The summed E-state index contributed by atoms with van der Waals surface area (Å²) in [6.45, 7) is 6.20. The van der Waals surface area contributed by atoms with E-state index in [0.717, 1.165) is 4.83 Å². The third kappa shape index (κ3) is 2.08. The van der Waals surface area contributed by atoms with Crippen LogP contribution in [0.15, 0.2) is 22.3 Å². The van der Waals surface area contributed by atoms with E-state index in [-0.39, 0.29) is 11.6 Å². The molecule has 3 aromatic heterocycles. The van der Waals surface area contributed by atoms with E-state index in [2.05, 4.69) is 24.9 Å². The molecule has 0 aliphatic rings. The number of rotatable bonds is 2. The lowest BCUT2D eigenvalue weighted by molar-refractivity contribution is 0.599. The van der Waals surface area contributed by atoms with Crippen molar-refractivity contribution in [1.29, 1.82) is 0 Å². The minimum absolute atomic E-state index is 0.0132. The summed E-state index contributed by atoms with van der Waals surface area (Å²) in [4.78, 5) is 19.1. The molecule has 0 saturated heterocycles. The van der Waals surface area contributed by atoms with Crippen molar-refractivity contribution in [3.63, 3.8) is 0 Å². The second-order valence-corrected chi connectivity index (χ2v) is 7.58. The highest BCUT2D eigenvalue weighted by atomic mass is 32.1. The summed E-state index contributed by atoms with van der Waals surface area (Å²) in [6.07, 6.45) is 0. The number of H-pyrrole nitrogens is 1. The van der Waals surface area contributed by atoms with Gasteiger partial charge in [-0.05, 0) is 56.1 Å². The number of hydrogen-bond donors (Lipinski definition) is 1. The number of aromatic amines is 1. The highest BCUT2D eigenvalue weighted by Crippen LogP contribution is 2.28. The van der Waals surface area contributed by atoms with Crippen molar-refractivity contribution >= 4 is 45.1 Å². The second-order valence-electron chi connectivity index (χ2n) is 4.81. The van der Waals surface area contributed by atoms with E-state index in [9.17, 15) is 4.79 Å². The Labute approximate surface area is 129 Å². The van der Waals surface area contributed by atoms with Crippen molar-refractivity contribution in [2.24, 2.45) is 0 Å². The van der Waals surface area contributed by atoms with Gasteiger partial charge in [-0.3, -0.25) is 9.36 Å². The van der Waals surface area contributed by atoms with Crippen molar-refractivity contribution in [3.05, 3.63) is 48.0 Å². The standard InChI is InChI=1S/C14H14N2OS3/c1-7-6-11(9(3)20-7)8(2)16-13(17)10-4-5-19-12(10)15-14(16)18/h4-6,8H,1-3H3,(H,15,18). The van der Waals surface area contributed by atoms with Crippen molar-refractivity contribution in [2.75, 3.05) is 0 Å². The molecule has 1 N–H and O–H groups in total. The average molecular weight is 322 g/mol. The predicted octanol–water partition coefficient (Wildman–Crippen LogP) is 4.41. The molecule has 0 saturated carbocycles. The fraction of sp³-hybridized carbons (Fsp3) is 0.286. The summed E-state index contributed by atoms with van der Waals surface area (Å²) in [6, 6.07) is 3.94. The molecular weight excluding hydrogens is 308 g/mol. The zero-order valence-electron chi connectivity index (χ0n) is 11.4. The van der Waals surface area contributed by atoms with Gasteiger partial charge in [0, 0.05) is 9.75 Å². The zero-order valence-corrected chi connectivity index (χ0v) is 13.8. The zero-order chi connectivity index (χ0) is 14.4. The van der Waals surface area contributed by atoms with Crippen LogP contribution in [0.5, 0.6) is 0 Å². The van der Waals surface area contributed by atoms with E-state index in [1.165, 1.54) is 26.7 Å². The van der Waals surface area contributed by atoms with Crippen LogP contribution in [-0.2, 0) is 0 Å². The first-order valence-corrected chi connectivity index (χ1v) is 8.38. The van der Waals surface area contributed by atoms with Gasteiger partial charge >= 0.3 is 0 Å². The summed E-state index contributed by atoms with van der Waals surface area (Å²) < 4.78 is 2.17. The molecule has 0 aromatic carbocycles. The molecule has 0 radical (unpaired) electrons. The quantitative estimate of drug-likeness (QED) is 0.710. The molecule has 104 valence electrons. The molecule has 3 heterocycles. The molecule has 3 rings (SSSR count). The third-order valence-corrected chi connectivity index (χ3v) is 5.58. The van der Waals surface area contributed by atoms with Gasteiger partial charge in [-0.15, -0.1) is 22.7 Å². The first kappa shape index (κ1) is 13.7. The van der Waals surface area contributed by atoms with Crippen LogP contribution in [0.2, 0.25) is 0 Å². The summed E-state index contributed by atoms with van der Waals surface area (Å²) in [5.74, 6) is 0. The van der Waals surface area contributed by atoms with Gasteiger partial charge in [0.1, 0.15) is 4.83 Å². The molecule has 1 atom stereocenters. The Hall–Kier alpha value is -1.24. The van der Waals surface area contributed by atoms with Gasteiger partial charge in [0.15, 0.2) is 4.77 Å². The van der Waals surface area contributed by atoms with Gasteiger partial charge in [0.05, 0.1) is 11.4 Å². The number of thiophene rings is 2. The Morgan fingerprint density at radius 1 is 1.40 bits per heavy atom. The van der Waals surface area contributed by atoms with Crippen molar-refractivity contribution < 1.29 is 0 Å². The van der Waals surface area contributed by atoms with Crippen LogP contribution in [0.25, 0.3) is 10.2 Å². The van der Waals surface area contributed by atoms with E-state index in [1.807, 2.05) is 18.4 Å². The fourth-order valence-electron chi connectivity index (χ4n) is 2.51. The maximum atomic E-state index is 12.6. The number of hydrogen-bond acceptors (Lipinski definition) is 4. The minimum atomic E-state index is -0.0551. The molecule has 20 heavy (non-hydrogen) atoms. The van der Waals surface area contributed by atoms with Crippen LogP contribution in [-0.4, -0.2) is 9.55 Å². The number of nitrogens with one attached hydrogen (secondary N) is 1. The molecule has 6 heteroatoms. The van der Waals surface area contributed by atoms with Gasteiger partial charge in [-0.25, -0.2) is 0 Å². The Morgan fingerprint density at radius 3 is 2.80 bits per heavy atom. The van der Waals surface area contributed by atoms with Crippen LogP contribution < -0.4 is 5.56 Å². The van der Waals surface area contributed by atoms with E-state index in [1.54, 1.807) is 15.9 Å². The highest BCUT2D eigenvalue weighted by Gasteiger charge is 2.17. The molecular formula is C14H14N2OS3. The molecule has 3 nitrogen and oxygen atoms in total. The summed E-state index contributed by atoms with van der Waals surface area (Å²) in [5.41, 5.74) is 1.16. The van der Waals surface area contributed by atoms with Gasteiger partial charge < -0.3 is 4.98 Å². The van der Waals surface area contributed by atoms with E-state index in [4.69, 9.17) is 12.2 Å². The lowest BCUT2D eigenvalue weighted by Gasteiger charge is -2.15. The first-order chi connectivity index (χ1) is 9.49. The number of nitrogens with zero attached hydrogens (tertiary/aromatic N) is 1. The van der Waals surface area contributed by atoms with Gasteiger partial charge in [0.25, 0.3) is 5.56 Å². The summed E-state index contributed by atoms with van der Waals surface area (Å²) >= 11 is 8.63. The third-order valence-electron chi connectivity index (χ3n) is 3.47. The number of aromatic nitrogens is 2. The molecule has 1 unspecified atom stereocenters. The first-order valence-electron chi connectivity index (χ1n) is 6.28. The van der Waals surface area contributed by atoms with E-state index in [0.29, 0.717) is 10.2 Å². The van der Waals surface area contributed by atoms with Crippen LogP contribution in [0.4, 0.5) is 0 Å². The Kier molecular flexibility index (Phi) is 3.40. The van der Waals surface area contributed by atoms with E-state index < -0.39 is 0 Å². The Bertz CT molecular complexity index is 897. The maximum absolute atomic E-state index is 12.6. The van der Waals surface area contributed by atoms with Gasteiger partial charge in [0.2, 0.25) is 0 Å². The Balaban J connectivity index is 2.26. The number of fused-ring (bicyclic) bond motifs is 1. The van der Waals surface area contributed by atoms with Crippen LogP contribution in [0.1, 0.15) is 28.3 Å². The minimum Gasteiger partial charge on any atom is -0.323 e. The SMILES string of the molecule is Cc1cc(C(C)n2c(=S)[nH]c3sccc3c2=O)c(C)s1. The molecule has 0 spiro atoms. The normalized spacial score (nSPS) is 12.9. The highest BCUT2D eigenvalue weighted by molar-refractivity contribution is 7.71. The maximum Gasteiger partial charge on any atom is 0.263 e. The molecule has 0 aliphatic carbocycles. The molecule has 3 aromatic rings. The Morgan fingerprint density at radius 2 is 2.15 bits per heavy atom. The summed E-state index contributed by atoms with van der Waals surface area (Å²) in [7, 11) is 0. The van der Waals surface area contributed by atoms with Gasteiger partial charge in [-0.2, -0.15) is 0 Å². The largest absolute Gasteiger partial charge is 0.323 e. The van der Waals surface area contributed by atoms with Crippen molar-refractivity contribution in [1.82, 2.24) is 9.55 Å². The van der Waals surface area contributed by atoms with Crippen molar-refractivity contribution in [3.8, 4) is 0 Å². The van der Waals surface area contributed by atoms with Crippen LogP contribution in [0, 0.1) is 18.6 Å². The molecule has 0 fully saturated rings. The fourth-order valence-corrected chi connectivity index (χ4v) is 4.71. The molecule has 0 amide bonds. The average Bonchev–Trinajstić information content (AvgIpc) is 2.95. The van der Waals surface area contributed by atoms with Crippen LogP contribution in [0.3, 0.4) is 0 Å². The van der Waals surface area contributed by atoms with Gasteiger partial charge in [-0.1, -0.05) is 0 Å². The lowest BCUT2D eigenvalue weighted by Crippen LogP contribution is -2.25. The van der Waals surface area contributed by atoms with Crippen molar-refractivity contribution in [2.45, 2.75) is 26.8 Å². The second kappa shape index (κ2) is 4.95. The predicted molar refractivity (Wildman–Crippen MR) is 88.9 cm³/mol. The van der Waals surface area contributed by atoms with E-state index >= 15 is 0 Å². The molecule has 0 bridgehead atoms. The molecule has 0 aliphatic heterocycles. The summed E-state index contributed by atoms with van der Waals surface area (Å²) in [5, 5.41) is 2.62.